The molecule has 0 bridgehead atoms. The van der Waals surface area contributed by atoms with Gasteiger partial charge in [-0.1, -0.05) is 12.1 Å². The van der Waals surface area contributed by atoms with Crippen LogP contribution in [0.1, 0.15) is 11.1 Å². The standard InChI is InChI=1S/C11H10N2O2S/c14-10-8(6-12-11(15)13-10)5-7-1-3-9(16)4-2-7/h1-4,6,16H,5H2,(H2,12,13,14,15). The normalized spacial score (nSPS) is 10.3. The van der Waals surface area contributed by atoms with Gasteiger partial charge in [0.1, 0.15) is 0 Å². The minimum atomic E-state index is -0.487. The minimum absolute atomic E-state index is 0.348. The molecule has 0 saturated heterocycles. The average Bonchev–Trinajstić information content (AvgIpc) is 2.25. The number of rotatable bonds is 2. The molecule has 0 aliphatic rings. The van der Waals surface area contributed by atoms with E-state index in [1.54, 1.807) is 0 Å². The van der Waals surface area contributed by atoms with Crippen molar-refractivity contribution < 1.29 is 0 Å². The fraction of sp³-hybridized carbons (Fsp3) is 0.0909. The zero-order valence-electron chi connectivity index (χ0n) is 8.36. The minimum Gasteiger partial charge on any atom is -0.314 e. The van der Waals surface area contributed by atoms with Gasteiger partial charge in [-0.05, 0) is 17.7 Å². The van der Waals surface area contributed by atoms with Gasteiger partial charge in [0.05, 0.1) is 0 Å². The van der Waals surface area contributed by atoms with Crippen LogP contribution in [-0.4, -0.2) is 9.97 Å². The molecule has 2 N–H and O–H groups in total. The SMILES string of the molecule is O=c1[nH]cc(Cc2ccc(S)cc2)c(=O)[nH]1. The van der Waals surface area contributed by atoms with E-state index >= 15 is 0 Å². The topological polar surface area (TPSA) is 65.7 Å². The van der Waals surface area contributed by atoms with Crippen molar-refractivity contribution in [2.45, 2.75) is 11.3 Å². The van der Waals surface area contributed by atoms with E-state index < -0.39 is 5.69 Å². The van der Waals surface area contributed by atoms with Gasteiger partial charge in [-0.15, -0.1) is 12.6 Å². The van der Waals surface area contributed by atoms with Gasteiger partial charge in [-0.2, -0.15) is 0 Å². The highest BCUT2D eigenvalue weighted by molar-refractivity contribution is 7.80. The zero-order chi connectivity index (χ0) is 11.5. The molecule has 2 aromatic rings. The summed E-state index contributed by atoms with van der Waals surface area (Å²) in [7, 11) is 0. The Hall–Kier alpha value is -1.75. The summed E-state index contributed by atoms with van der Waals surface area (Å²) in [5, 5.41) is 0. The summed E-state index contributed by atoms with van der Waals surface area (Å²) in [5.41, 5.74) is 0.694. The van der Waals surface area contributed by atoms with E-state index in [1.807, 2.05) is 24.3 Å². The molecule has 0 spiro atoms. The maximum Gasteiger partial charge on any atom is 0.325 e. The molecular formula is C11H10N2O2S. The quantitative estimate of drug-likeness (QED) is 0.677. The Morgan fingerprint density at radius 2 is 1.81 bits per heavy atom. The Kier molecular flexibility index (Phi) is 2.96. The molecule has 4 nitrogen and oxygen atoms in total. The first-order valence-corrected chi connectivity index (χ1v) is 5.18. The third-order valence-corrected chi connectivity index (χ3v) is 2.53. The third-order valence-electron chi connectivity index (χ3n) is 2.23. The molecule has 82 valence electrons. The van der Waals surface area contributed by atoms with Crippen molar-refractivity contribution in [1.82, 2.24) is 9.97 Å². The molecule has 0 fully saturated rings. The monoisotopic (exact) mass is 234 g/mol. The van der Waals surface area contributed by atoms with Crippen LogP contribution < -0.4 is 11.2 Å². The fourth-order valence-corrected chi connectivity index (χ4v) is 1.55. The highest BCUT2D eigenvalue weighted by Crippen LogP contribution is 2.09. The first-order chi connectivity index (χ1) is 7.65. The summed E-state index contributed by atoms with van der Waals surface area (Å²) < 4.78 is 0. The second kappa shape index (κ2) is 4.40. The first-order valence-electron chi connectivity index (χ1n) is 4.74. The van der Waals surface area contributed by atoms with Crippen LogP contribution in [0.4, 0.5) is 0 Å². The highest BCUT2D eigenvalue weighted by atomic mass is 32.1. The summed E-state index contributed by atoms with van der Waals surface area (Å²) in [5.74, 6) is 0. The number of H-pyrrole nitrogens is 2. The molecule has 1 aromatic heterocycles. The van der Waals surface area contributed by atoms with Gasteiger partial charge in [0.2, 0.25) is 0 Å². The Morgan fingerprint density at radius 3 is 2.44 bits per heavy atom. The number of hydrogen-bond acceptors (Lipinski definition) is 3. The molecule has 16 heavy (non-hydrogen) atoms. The largest absolute Gasteiger partial charge is 0.325 e. The predicted octanol–water partition coefficient (Wildman–Crippen LogP) is 0.943. The van der Waals surface area contributed by atoms with Crippen LogP contribution in [0.15, 0.2) is 44.9 Å². The molecule has 5 heteroatoms. The van der Waals surface area contributed by atoms with E-state index in [4.69, 9.17) is 0 Å². The second-order valence-electron chi connectivity index (χ2n) is 3.44. The number of thiol groups is 1. The first kappa shape index (κ1) is 10.8. The van der Waals surface area contributed by atoms with Gasteiger partial charge >= 0.3 is 5.69 Å². The van der Waals surface area contributed by atoms with Gasteiger partial charge in [-0.3, -0.25) is 9.78 Å². The molecule has 0 atom stereocenters. The molecule has 1 aromatic carbocycles. The van der Waals surface area contributed by atoms with E-state index in [0.717, 1.165) is 10.5 Å². The lowest BCUT2D eigenvalue weighted by Crippen LogP contribution is -2.24. The van der Waals surface area contributed by atoms with E-state index in [9.17, 15) is 9.59 Å². The van der Waals surface area contributed by atoms with E-state index in [1.165, 1.54) is 6.20 Å². The molecule has 0 aliphatic heterocycles. The molecule has 0 amide bonds. The fourth-order valence-electron chi connectivity index (χ4n) is 1.40. The molecule has 0 saturated carbocycles. The number of benzene rings is 1. The van der Waals surface area contributed by atoms with Crippen LogP contribution in [0.3, 0.4) is 0 Å². The number of nitrogens with one attached hydrogen (secondary N) is 2. The molecular weight excluding hydrogens is 224 g/mol. The zero-order valence-corrected chi connectivity index (χ0v) is 9.25. The smallest absolute Gasteiger partial charge is 0.314 e. The molecule has 1 heterocycles. The summed E-state index contributed by atoms with van der Waals surface area (Å²) in [4.78, 5) is 27.7. The Balaban J connectivity index is 2.30. The van der Waals surface area contributed by atoms with Crippen LogP contribution in [-0.2, 0) is 6.42 Å². The lowest BCUT2D eigenvalue weighted by atomic mass is 10.1. The van der Waals surface area contributed by atoms with Crippen molar-refractivity contribution in [1.29, 1.82) is 0 Å². The Labute approximate surface area is 96.8 Å². The summed E-state index contributed by atoms with van der Waals surface area (Å²) in [6.45, 7) is 0. The van der Waals surface area contributed by atoms with Crippen LogP contribution in [0.25, 0.3) is 0 Å². The maximum atomic E-state index is 11.4. The van der Waals surface area contributed by atoms with Crippen molar-refractivity contribution in [3.63, 3.8) is 0 Å². The summed E-state index contributed by atoms with van der Waals surface area (Å²) in [6.07, 6.45) is 1.93. The average molecular weight is 234 g/mol. The van der Waals surface area contributed by atoms with E-state index in [0.29, 0.717) is 12.0 Å². The van der Waals surface area contributed by atoms with Crippen molar-refractivity contribution in [2.75, 3.05) is 0 Å². The number of aromatic amines is 2. The summed E-state index contributed by atoms with van der Waals surface area (Å²) in [6, 6.07) is 7.51. The van der Waals surface area contributed by atoms with Crippen molar-refractivity contribution in [3.05, 3.63) is 62.4 Å². The van der Waals surface area contributed by atoms with Crippen molar-refractivity contribution in [2.24, 2.45) is 0 Å². The molecule has 0 radical (unpaired) electrons. The van der Waals surface area contributed by atoms with Gasteiger partial charge in [-0.25, -0.2) is 4.79 Å². The number of aromatic nitrogens is 2. The van der Waals surface area contributed by atoms with Gasteiger partial charge in [0, 0.05) is 23.1 Å². The van der Waals surface area contributed by atoms with Crippen LogP contribution in [0.2, 0.25) is 0 Å². The maximum absolute atomic E-state index is 11.4. The van der Waals surface area contributed by atoms with Gasteiger partial charge in [0.15, 0.2) is 0 Å². The van der Waals surface area contributed by atoms with Crippen LogP contribution in [0, 0.1) is 0 Å². The lowest BCUT2D eigenvalue weighted by molar-refractivity contribution is 0.974. The highest BCUT2D eigenvalue weighted by Gasteiger charge is 2.01. The van der Waals surface area contributed by atoms with Crippen LogP contribution in [0.5, 0.6) is 0 Å². The number of hydrogen-bond donors (Lipinski definition) is 3. The summed E-state index contributed by atoms with van der Waals surface area (Å²) >= 11 is 4.18. The van der Waals surface area contributed by atoms with Crippen LogP contribution >= 0.6 is 12.6 Å². The Bertz CT molecular complexity index is 598. The second-order valence-corrected chi connectivity index (χ2v) is 3.96. The Morgan fingerprint density at radius 1 is 1.12 bits per heavy atom. The van der Waals surface area contributed by atoms with E-state index in [-0.39, 0.29) is 5.56 Å². The van der Waals surface area contributed by atoms with Gasteiger partial charge in [0.25, 0.3) is 5.56 Å². The predicted molar refractivity (Wildman–Crippen MR) is 64.2 cm³/mol. The van der Waals surface area contributed by atoms with E-state index in [2.05, 4.69) is 22.6 Å². The lowest BCUT2D eigenvalue weighted by Gasteiger charge is -2.00. The molecule has 0 aliphatic carbocycles. The van der Waals surface area contributed by atoms with Gasteiger partial charge < -0.3 is 4.98 Å². The van der Waals surface area contributed by atoms with Crippen molar-refractivity contribution >= 4 is 12.6 Å². The third kappa shape index (κ3) is 2.43. The molecule has 0 unspecified atom stereocenters. The molecule has 2 rings (SSSR count). The van der Waals surface area contributed by atoms with Crippen molar-refractivity contribution in [3.8, 4) is 0 Å².